The Labute approximate surface area is 131 Å². The molecule has 1 fully saturated rings. The number of hydrogen-bond acceptors (Lipinski definition) is 3. The number of rotatable bonds is 5. The maximum atomic E-state index is 9.45. The minimum atomic E-state index is -0.328. The molecule has 22 heavy (non-hydrogen) atoms. The molecule has 112 valence electrons. The predicted octanol–water partition coefficient (Wildman–Crippen LogP) is 4.22. The topological polar surface area (TPSA) is 42.2 Å². The maximum Gasteiger partial charge on any atom is 0.161 e. The van der Waals surface area contributed by atoms with E-state index in [-0.39, 0.29) is 5.41 Å². The molecular formula is C19H19NO2. The summed E-state index contributed by atoms with van der Waals surface area (Å²) < 4.78 is 11.3. The summed E-state index contributed by atoms with van der Waals surface area (Å²) >= 11 is 0. The van der Waals surface area contributed by atoms with Gasteiger partial charge < -0.3 is 9.47 Å². The second kappa shape index (κ2) is 6.11. The molecule has 0 amide bonds. The van der Waals surface area contributed by atoms with E-state index in [1.807, 2.05) is 48.5 Å². The van der Waals surface area contributed by atoms with Crippen LogP contribution in [-0.2, 0) is 12.0 Å². The van der Waals surface area contributed by atoms with Gasteiger partial charge in [0, 0.05) is 0 Å². The molecule has 0 N–H and O–H groups in total. The molecule has 2 aromatic rings. The van der Waals surface area contributed by atoms with Crippen LogP contribution in [0.1, 0.15) is 30.4 Å². The van der Waals surface area contributed by atoms with Crippen LogP contribution in [0.5, 0.6) is 11.5 Å². The Kier molecular flexibility index (Phi) is 4.02. The Morgan fingerprint density at radius 1 is 1.09 bits per heavy atom. The number of methoxy groups -OCH3 is 1. The van der Waals surface area contributed by atoms with Crippen molar-refractivity contribution in [3.05, 3.63) is 59.7 Å². The molecule has 0 heterocycles. The van der Waals surface area contributed by atoms with Crippen molar-refractivity contribution in [2.75, 3.05) is 7.11 Å². The molecule has 0 radical (unpaired) electrons. The summed E-state index contributed by atoms with van der Waals surface area (Å²) in [5.41, 5.74) is 1.82. The van der Waals surface area contributed by atoms with E-state index in [1.165, 1.54) is 0 Å². The van der Waals surface area contributed by atoms with Gasteiger partial charge in [0.15, 0.2) is 11.5 Å². The molecule has 1 aliphatic rings. The molecule has 3 rings (SSSR count). The average Bonchev–Trinajstić information content (AvgIpc) is 2.54. The summed E-state index contributed by atoms with van der Waals surface area (Å²) in [6.45, 7) is 0.500. The van der Waals surface area contributed by atoms with Crippen LogP contribution in [0.15, 0.2) is 48.5 Å². The minimum Gasteiger partial charge on any atom is -0.493 e. The summed E-state index contributed by atoms with van der Waals surface area (Å²) in [4.78, 5) is 0. The number of hydrogen-bond donors (Lipinski definition) is 0. The molecule has 1 aliphatic carbocycles. The van der Waals surface area contributed by atoms with Gasteiger partial charge in [0.1, 0.15) is 6.61 Å². The van der Waals surface area contributed by atoms with Crippen LogP contribution in [0.4, 0.5) is 0 Å². The summed E-state index contributed by atoms with van der Waals surface area (Å²) in [6.07, 6.45) is 2.97. The van der Waals surface area contributed by atoms with Gasteiger partial charge in [0.2, 0.25) is 0 Å². The van der Waals surface area contributed by atoms with E-state index in [9.17, 15) is 5.26 Å². The number of nitriles is 1. The van der Waals surface area contributed by atoms with E-state index < -0.39 is 0 Å². The van der Waals surface area contributed by atoms with Gasteiger partial charge in [0.05, 0.1) is 18.6 Å². The van der Waals surface area contributed by atoms with Crippen LogP contribution in [-0.4, -0.2) is 7.11 Å². The third kappa shape index (κ3) is 2.65. The summed E-state index contributed by atoms with van der Waals surface area (Å²) in [5, 5.41) is 9.45. The van der Waals surface area contributed by atoms with Crippen LogP contribution >= 0.6 is 0 Å². The van der Waals surface area contributed by atoms with Crippen LogP contribution in [0.2, 0.25) is 0 Å². The van der Waals surface area contributed by atoms with Crippen LogP contribution in [0.25, 0.3) is 0 Å². The van der Waals surface area contributed by atoms with Crippen molar-refractivity contribution in [3.63, 3.8) is 0 Å². The molecule has 0 unspecified atom stereocenters. The van der Waals surface area contributed by atoms with Crippen molar-refractivity contribution in [2.45, 2.75) is 31.3 Å². The smallest absolute Gasteiger partial charge is 0.161 e. The molecule has 1 saturated carbocycles. The van der Waals surface area contributed by atoms with Gasteiger partial charge in [-0.2, -0.15) is 5.26 Å². The quantitative estimate of drug-likeness (QED) is 0.829. The highest BCUT2D eigenvalue weighted by Crippen LogP contribution is 2.45. The van der Waals surface area contributed by atoms with Gasteiger partial charge in [-0.05, 0) is 42.5 Å². The first-order valence-electron chi connectivity index (χ1n) is 7.54. The van der Waals surface area contributed by atoms with E-state index >= 15 is 0 Å². The Morgan fingerprint density at radius 3 is 2.45 bits per heavy atom. The van der Waals surface area contributed by atoms with E-state index in [0.29, 0.717) is 18.1 Å². The monoisotopic (exact) mass is 293 g/mol. The fraction of sp³-hybridized carbons (Fsp3) is 0.316. The van der Waals surface area contributed by atoms with Gasteiger partial charge in [-0.1, -0.05) is 36.4 Å². The zero-order valence-electron chi connectivity index (χ0n) is 12.7. The number of benzene rings is 2. The van der Waals surface area contributed by atoms with E-state index in [1.54, 1.807) is 7.11 Å². The average molecular weight is 293 g/mol. The highest BCUT2D eigenvalue weighted by molar-refractivity contribution is 5.48. The molecule has 0 aliphatic heterocycles. The molecule has 0 bridgehead atoms. The number of nitrogens with zero attached hydrogens (tertiary/aromatic N) is 1. The Hall–Kier alpha value is -2.47. The van der Waals surface area contributed by atoms with Crippen molar-refractivity contribution in [2.24, 2.45) is 0 Å². The second-order valence-electron chi connectivity index (χ2n) is 5.69. The first kappa shape index (κ1) is 14.5. The molecule has 0 spiro atoms. The van der Waals surface area contributed by atoms with E-state index in [4.69, 9.17) is 9.47 Å². The first-order valence-corrected chi connectivity index (χ1v) is 7.54. The van der Waals surface area contributed by atoms with Crippen LogP contribution < -0.4 is 9.47 Å². The highest BCUT2D eigenvalue weighted by atomic mass is 16.5. The van der Waals surface area contributed by atoms with Crippen molar-refractivity contribution < 1.29 is 9.47 Å². The first-order chi connectivity index (χ1) is 10.8. The van der Waals surface area contributed by atoms with Crippen molar-refractivity contribution >= 4 is 0 Å². The molecule has 0 aromatic heterocycles. The zero-order valence-corrected chi connectivity index (χ0v) is 12.7. The van der Waals surface area contributed by atoms with Gasteiger partial charge in [-0.3, -0.25) is 0 Å². The number of ether oxygens (including phenoxy) is 2. The lowest BCUT2D eigenvalue weighted by atomic mass is 9.65. The summed E-state index contributed by atoms with van der Waals surface area (Å²) in [6, 6.07) is 18.3. The zero-order chi connectivity index (χ0) is 15.4. The van der Waals surface area contributed by atoms with Gasteiger partial charge in [-0.15, -0.1) is 0 Å². The normalized spacial score (nSPS) is 15.5. The van der Waals surface area contributed by atoms with Crippen molar-refractivity contribution in [1.82, 2.24) is 0 Å². The molecule has 2 aromatic carbocycles. The lowest BCUT2D eigenvalue weighted by molar-refractivity contribution is 0.281. The summed E-state index contributed by atoms with van der Waals surface area (Å²) in [5.74, 6) is 1.40. The Morgan fingerprint density at radius 2 is 1.86 bits per heavy atom. The SMILES string of the molecule is COc1cc(C2(C#N)CCC2)ccc1OCc1ccccc1. The molecular weight excluding hydrogens is 274 g/mol. The minimum absolute atomic E-state index is 0.328. The van der Waals surface area contributed by atoms with Crippen molar-refractivity contribution in [1.29, 1.82) is 5.26 Å². The van der Waals surface area contributed by atoms with E-state index in [2.05, 4.69) is 6.07 Å². The maximum absolute atomic E-state index is 9.45. The lowest BCUT2D eigenvalue weighted by Crippen LogP contribution is -2.32. The second-order valence-corrected chi connectivity index (χ2v) is 5.69. The third-order valence-corrected chi connectivity index (χ3v) is 4.37. The molecule has 0 atom stereocenters. The van der Waals surface area contributed by atoms with Gasteiger partial charge >= 0.3 is 0 Å². The molecule has 3 heteroatoms. The van der Waals surface area contributed by atoms with Gasteiger partial charge in [-0.25, -0.2) is 0 Å². The largest absolute Gasteiger partial charge is 0.493 e. The molecule has 0 saturated heterocycles. The summed E-state index contributed by atoms with van der Waals surface area (Å²) in [7, 11) is 1.63. The fourth-order valence-electron chi connectivity index (χ4n) is 2.82. The Balaban J connectivity index is 1.79. The predicted molar refractivity (Wildman–Crippen MR) is 84.9 cm³/mol. The third-order valence-electron chi connectivity index (χ3n) is 4.37. The Bertz CT molecular complexity index is 684. The van der Waals surface area contributed by atoms with E-state index in [0.717, 1.165) is 30.4 Å². The standard InChI is InChI=1S/C19H19NO2/c1-21-18-12-16(19(14-20)10-5-11-19)8-9-17(18)22-13-15-6-3-2-4-7-15/h2-4,6-9,12H,5,10-11,13H2,1H3. The van der Waals surface area contributed by atoms with Gasteiger partial charge in [0.25, 0.3) is 0 Å². The lowest BCUT2D eigenvalue weighted by Gasteiger charge is -2.35. The molecule has 3 nitrogen and oxygen atoms in total. The van der Waals surface area contributed by atoms with Crippen LogP contribution in [0, 0.1) is 11.3 Å². The highest BCUT2D eigenvalue weighted by Gasteiger charge is 2.39. The fourth-order valence-corrected chi connectivity index (χ4v) is 2.82. The van der Waals surface area contributed by atoms with Crippen molar-refractivity contribution in [3.8, 4) is 17.6 Å². The van der Waals surface area contributed by atoms with Crippen LogP contribution in [0.3, 0.4) is 0 Å².